The van der Waals surface area contributed by atoms with Gasteiger partial charge in [-0.25, -0.2) is 9.69 Å². The molecular formula is C14H24N3O2+. The smallest absolute Gasteiger partial charge is 0.323 e. The zero-order valence-electron chi connectivity index (χ0n) is 11.9. The number of hydrogen-bond acceptors (Lipinski definition) is 2. The van der Waals surface area contributed by atoms with Crippen molar-refractivity contribution >= 4 is 11.9 Å². The zero-order chi connectivity index (χ0) is 13.6. The van der Waals surface area contributed by atoms with Crippen molar-refractivity contribution in [2.24, 2.45) is 11.8 Å². The molecule has 5 heteroatoms. The Labute approximate surface area is 114 Å². The maximum Gasteiger partial charge on any atom is 0.329 e. The lowest BCUT2D eigenvalue weighted by atomic mass is 9.96. The largest absolute Gasteiger partial charge is 0.329 e. The molecule has 0 aromatic carbocycles. The van der Waals surface area contributed by atoms with E-state index in [9.17, 15) is 9.59 Å². The molecule has 1 saturated carbocycles. The summed E-state index contributed by atoms with van der Waals surface area (Å²) in [5.74, 6) is 1.13. The number of hydrogen-bond donors (Lipinski definition) is 2. The van der Waals surface area contributed by atoms with Crippen molar-refractivity contribution in [3.8, 4) is 0 Å². The number of piperidine rings is 1. The summed E-state index contributed by atoms with van der Waals surface area (Å²) in [7, 11) is 0. The molecule has 0 aromatic heterocycles. The Morgan fingerprint density at radius 2 is 1.89 bits per heavy atom. The molecule has 2 saturated heterocycles. The molecule has 3 fully saturated rings. The molecule has 106 valence electrons. The lowest BCUT2D eigenvalue weighted by Gasteiger charge is -2.29. The first kappa shape index (κ1) is 12.9. The van der Waals surface area contributed by atoms with Crippen molar-refractivity contribution < 1.29 is 14.5 Å². The van der Waals surface area contributed by atoms with Crippen molar-refractivity contribution in [3.63, 3.8) is 0 Å². The molecular weight excluding hydrogens is 242 g/mol. The Morgan fingerprint density at radius 3 is 2.47 bits per heavy atom. The zero-order valence-corrected chi connectivity index (χ0v) is 11.9. The molecule has 3 aliphatic rings. The summed E-state index contributed by atoms with van der Waals surface area (Å²) in [6, 6.07) is -0.189. The van der Waals surface area contributed by atoms with Crippen LogP contribution in [0, 0.1) is 11.8 Å². The molecule has 2 aliphatic heterocycles. The molecule has 1 atom stereocenters. The van der Waals surface area contributed by atoms with Crippen LogP contribution in [0.5, 0.6) is 0 Å². The van der Waals surface area contributed by atoms with Gasteiger partial charge in [0, 0.05) is 0 Å². The maximum atomic E-state index is 12.5. The van der Waals surface area contributed by atoms with Gasteiger partial charge in [-0.05, 0) is 44.4 Å². The van der Waals surface area contributed by atoms with E-state index in [4.69, 9.17) is 0 Å². The third kappa shape index (κ3) is 2.24. The quantitative estimate of drug-likeness (QED) is 0.705. The van der Waals surface area contributed by atoms with Crippen LogP contribution in [-0.2, 0) is 4.79 Å². The molecule has 0 aromatic rings. The first-order chi connectivity index (χ1) is 9.00. The molecule has 0 radical (unpaired) electrons. The fourth-order valence-electron chi connectivity index (χ4n) is 3.35. The lowest BCUT2D eigenvalue weighted by molar-refractivity contribution is -0.913. The van der Waals surface area contributed by atoms with Crippen LogP contribution in [0.3, 0.4) is 0 Å². The minimum atomic E-state index is -0.625. The van der Waals surface area contributed by atoms with Crippen LogP contribution in [-0.4, -0.2) is 42.1 Å². The van der Waals surface area contributed by atoms with Crippen LogP contribution in [0.2, 0.25) is 0 Å². The third-order valence-electron chi connectivity index (χ3n) is 5.06. The average Bonchev–Trinajstić information content (AvgIpc) is 3.18. The topological polar surface area (TPSA) is 53.9 Å². The molecule has 1 aliphatic carbocycles. The van der Waals surface area contributed by atoms with E-state index in [0.717, 1.165) is 31.8 Å². The second kappa shape index (κ2) is 4.47. The van der Waals surface area contributed by atoms with Gasteiger partial charge in [-0.2, -0.15) is 0 Å². The molecule has 0 bridgehead atoms. The molecule has 2 N–H and O–H groups in total. The van der Waals surface area contributed by atoms with Gasteiger partial charge in [0.15, 0.2) is 6.67 Å². The van der Waals surface area contributed by atoms with Crippen molar-refractivity contribution in [1.29, 1.82) is 0 Å². The summed E-state index contributed by atoms with van der Waals surface area (Å²) in [6.07, 6.45) is 4.51. The second-order valence-corrected chi connectivity index (χ2v) is 6.73. The van der Waals surface area contributed by atoms with Crippen LogP contribution in [0.15, 0.2) is 0 Å². The number of nitrogens with one attached hydrogen (secondary N) is 2. The Balaban J connectivity index is 1.64. The van der Waals surface area contributed by atoms with Gasteiger partial charge in [0.05, 0.1) is 13.1 Å². The molecule has 19 heavy (non-hydrogen) atoms. The van der Waals surface area contributed by atoms with E-state index < -0.39 is 5.54 Å². The third-order valence-corrected chi connectivity index (χ3v) is 5.06. The number of carbonyl (C=O) groups is 2. The highest BCUT2D eigenvalue weighted by molar-refractivity contribution is 6.07. The van der Waals surface area contributed by atoms with Gasteiger partial charge in [-0.3, -0.25) is 4.79 Å². The fraction of sp³-hybridized carbons (Fsp3) is 0.857. The number of quaternary nitrogens is 1. The number of imide groups is 1. The summed E-state index contributed by atoms with van der Waals surface area (Å²) in [4.78, 5) is 27.3. The van der Waals surface area contributed by atoms with Gasteiger partial charge >= 0.3 is 6.03 Å². The summed E-state index contributed by atoms with van der Waals surface area (Å²) >= 11 is 0. The van der Waals surface area contributed by atoms with Gasteiger partial charge in [-0.1, -0.05) is 6.92 Å². The summed E-state index contributed by atoms with van der Waals surface area (Å²) < 4.78 is 0. The highest BCUT2D eigenvalue weighted by atomic mass is 16.2. The Bertz CT molecular complexity index is 399. The minimum absolute atomic E-state index is 0.00822. The van der Waals surface area contributed by atoms with E-state index in [0.29, 0.717) is 12.6 Å². The van der Waals surface area contributed by atoms with E-state index in [-0.39, 0.29) is 11.9 Å². The summed E-state index contributed by atoms with van der Waals surface area (Å²) in [5.41, 5.74) is -0.625. The van der Waals surface area contributed by atoms with Crippen LogP contribution in [0.25, 0.3) is 0 Å². The fourth-order valence-corrected chi connectivity index (χ4v) is 3.35. The van der Waals surface area contributed by atoms with Crippen LogP contribution < -0.4 is 10.2 Å². The van der Waals surface area contributed by atoms with Crippen LogP contribution >= 0.6 is 0 Å². The number of nitrogens with zero attached hydrogens (tertiary/aromatic N) is 1. The van der Waals surface area contributed by atoms with Gasteiger partial charge in [-0.15, -0.1) is 0 Å². The van der Waals surface area contributed by atoms with E-state index in [2.05, 4.69) is 12.2 Å². The van der Waals surface area contributed by atoms with Gasteiger partial charge in [0.25, 0.3) is 5.91 Å². The molecule has 3 rings (SSSR count). The minimum Gasteiger partial charge on any atom is -0.323 e. The predicted molar refractivity (Wildman–Crippen MR) is 70.5 cm³/mol. The number of rotatable bonds is 3. The molecule has 3 amide bonds. The van der Waals surface area contributed by atoms with Crippen molar-refractivity contribution in [2.45, 2.75) is 45.1 Å². The van der Waals surface area contributed by atoms with Gasteiger partial charge in [0.1, 0.15) is 5.54 Å². The lowest BCUT2D eigenvalue weighted by Crippen LogP contribution is -3.14. The van der Waals surface area contributed by atoms with Gasteiger partial charge in [0.2, 0.25) is 0 Å². The normalized spacial score (nSPS) is 39.6. The highest BCUT2D eigenvalue weighted by Gasteiger charge is 2.56. The van der Waals surface area contributed by atoms with Crippen LogP contribution in [0.4, 0.5) is 4.79 Å². The van der Waals surface area contributed by atoms with Crippen LogP contribution in [0.1, 0.15) is 39.5 Å². The SMILES string of the molecule is CC1CC[NH+](CN2C(=O)N[C@@](C)(C3CC3)C2=O)CC1. The van der Waals surface area contributed by atoms with E-state index in [1.165, 1.54) is 22.6 Å². The Morgan fingerprint density at radius 1 is 1.26 bits per heavy atom. The Hall–Kier alpha value is -1.10. The summed E-state index contributed by atoms with van der Waals surface area (Å²) in [6.45, 7) is 6.84. The molecule has 0 spiro atoms. The number of amides is 3. The van der Waals surface area contributed by atoms with Crippen molar-refractivity contribution in [2.75, 3.05) is 19.8 Å². The average molecular weight is 266 g/mol. The van der Waals surface area contributed by atoms with Crippen molar-refractivity contribution in [3.05, 3.63) is 0 Å². The Kier molecular flexibility index (Phi) is 3.04. The van der Waals surface area contributed by atoms with E-state index >= 15 is 0 Å². The van der Waals surface area contributed by atoms with Crippen molar-refractivity contribution in [1.82, 2.24) is 10.2 Å². The molecule has 5 nitrogen and oxygen atoms in total. The van der Waals surface area contributed by atoms with Gasteiger partial charge < -0.3 is 10.2 Å². The monoisotopic (exact) mass is 266 g/mol. The van der Waals surface area contributed by atoms with E-state index in [1.54, 1.807) is 0 Å². The maximum absolute atomic E-state index is 12.5. The predicted octanol–water partition coefficient (Wildman–Crippen LogP) is -0.0208. The first-order valence-electron chi connectivity index (χ1n) is 7.48. The molecule has 2 heterocycles. The first-order valence-corrected chi connectivity index (χ1v) is 7.48. The molecule has 0 unspecified atom stereocenters. The van der Waals surface area contributed by atoms with E-state index in [1.807, 2.05) is 6.92 Å². The highest BCUT2D eigenvalue weighted by Crippen LogP contribution is 2.42. The number of urea groups is 1. The standard InChI is InChI=1S/C14H23N3O2/c1-10-5-7-16(8-6-10)9-17-12(18)14(2,11-3-4-11)15-13(17)19/h10-11H,3-9H2,1-2H3,(H,15,19)/p+1/t14-/m0/s1. The summed E-state index contributed by atoms with van der Waals surface area (Å²) in [5, 5.41) is 2.91. The number of likely N-dealkylation sites (tertiary alicyclic amines) is 1. The number of carbonyl (C=O) groups excluding carboxylic acids is 2. The second-order valence-electron chi connectivity index (χ2n) is 6.73.